The number of amides is 3. The number of hydrogen-bond donors (Lipinski definition) is 0. The number of benzene rings is 2. The fraction of sp³-hybridized carbons (Fsp3) is 0.316. The van der Waals surface area contributed by atoms with E-state index in [9.17, 15) is 14.4 Å². The van der Waals surface area contributed by atoms with Crippen molar-refractivity contribution in [2.24, 2.45) is 0 Å². The van der Waals surface area contributed by atoms with Crippen LogP contribution in [0.15, 0.2) is 34.8 Å². The third-order valence-corrected chi connectivity index (χ3v) is 5.66. The zero-order valence-electron chi connectivity index (χ0n) is 14.2. The van der Waals surface area contributed by atoms with Crippen molar-refractivity contribution in [3.05, 3.63) is 40.4 Å². The van der Waals surface area contributed by atoms with E-state index in [1.807, 2.05) is 24.3 Å². The van der Waals surface area contributed by atoms with Gasteiger partial charge < -0.3 is 4.74 Å². The Hall–Kier alpha value is -2.25. The summed E-state index contributed by atoms with van der Waals surface area (Å²) in [4.78, 5) is 41.0. The zero-order chi connectivity index (χ0) is 18.4. The first-order valence-corrected chi connectivity index (χ1v) is 9.22. The van der Waals surface area contributed by atoms with E-state index in [0.717, 1.165) is 20.1 Å². The molecule has 4 rings (SSSR count). The summed E-state index contributed by atoms with van der Waals surface area (Å²) in [7, 11) is 1.44. The van der Waals surface area contributed by atoms with Crippen molar-refractivity contribution in [3.8, 4) is 0 Å². The van der Waals surface area contributed by atoms with Gasteiger partial charge in [-0.3, -0.25) is 24.2 Å². The Bertz CT molecular complexity index is 943. The van der Waals surface area contributed by atoms with Crippen molar-refractivity contribution in [1.82, 2.24) is 4.90 Å². The molecule has 2 aromatic rings. The minimum Gasteiger partial charge on any atom is -0.364 e. The van der Waals surface area contributed by atoms with Crippen LogP contribution < -0.4 is 4.90 Å². The number of methoxy groups -OCH3 is 1. The van der Waals surface area contributed by atoms with Gasteiger partial charge in [0.15, 0.2) is 0 Å². The molecule has 0 radical (unpaired) electrons. The lowest BCUT2D eigenvalue weighted by Crippen LogP contribution is -2.50. The summed E-state index contributed by atoms with van der Waals surface area (Å²) in [5, 5.41) is 1.77. The molecule has 0 aliphatic carbocycles. The number of carbonyl (C=O) groups is 3. The van der Waals surface area contributed by atoms with Gasteiger partial charge in [-0.25, -0.2) is 0 Å². The zero-order valence-corrected chi connectivity index (χ0v) is 15.8. The second kappa shape index (κ2) is 6.48. The lowest BCUT2D eigenvalue weighted by molar-refractivity contribution is -0.149. The average molecular weight is 417 g/mol. The van der Waals surface area contributed by atoms with Crippen LogP contribution in [0.1, 0.15) is 29.6 Å². The Morgan fingerprint density at radius 3 is 2.77 bits per heavy atom. The molecule has 6 nitrogen and oxygen atoms in total. The number of rotatable bonds is 3. The quantitative estimate of drug-likeness (QED) is 0.721. The van der Waals surface area contributed by atoms with Crippen molar-refractivity contribution in [3.63, 3.8) is 0 Å². The molecule has 2 aliphatic heterocycles. The molecule has 134 valence electrons. The number of carbonyl (C=O) groups excluding carboxylic acids is 3. The molecule has 2 aliphatic rings. The molecule has 26 heavy (non-hydrogen) atoms. The maximum atomic E-state index is 13.1. The molecule has 0 spiro atoms. The third kappa shape index (κ3) is 2.46. The van der Waals surface area contributed by atoms with E-state index in [1.54, 1.807) is 11.0 Å². The molecular formula is C19H17BrN2O4. The number of anilines is 1. The summed E-state index contributed by atoms with van der Waals surface area (Å²) in [6.07, 6.45) is 1.27. The molecule has 1 atom stereocenters. The number of nitrogens with zero attached hydrogens (tertiary/aromatic N) is 2. The molecule has 0 bridgehead atoms. The maximum absolute atomic E-state index is 13.1. The van der Waals surface area contributed by atoms with Crippen molar-refractivity contribution < 1.29 is 19.1 Å². The lowest BCUT2D eigenvalue weighted by atomic mass is 10.1. The fourth-order valence-electron chi connectivity index (χ4n) is 3.79. The van der Waals surface area contributed by atoms with Crippen LogP contribution in [0, 0.1) is 0 Å². The molecule has 1 saturated heterocycles. The summed E-state index contributed by atoms with van der Waals surface area (Å²) < 4.78 is 5.92. The van der Waals surface area contributed by atoms with E-state index < -0.39 is 6.04 Å². The number of halogens is 1. The van der Waals surface area contributed by atoms with E-state index in [-0.39, 0.29) is 30.9 Å². The largest absolute Gasteiger partial charge is 0.364 e. The second-order valence-corrected chi connectivity index (χ2v) is 7.31. The minimum absolute atomic E-state index is 0.0983. The number of hydrogen-bond acceptors (Lipinski definition) is 4. The van der Waals surface area contributed by atoms with E-state index >= 15 is 0 Å². The highest BCUT2D eigenvalue weighted by Gasteiger charge is 2.42. The Labute approximate surface area is 158 Å². The second-order valence-electron chi connectivity index (χ2n) is 6.46. The van der Waals surface area contributed by atoms with Crippen LogP contribution >= 0.6 is 15.9 Å². The van der Waals surface area contributed by atoms with Crippen LogP contribution in [-0.4, -0.2) is 42.5 Å². The third-order valence-electron chi connectivity index (χ3n) is 4.96. The van der Waals surface area contributed by atoms with Gasteiger partial charge in [0, 0.05) is 29.0 Å². The van der Waals surface area contributed by atoms with Gasteiger partial charge in [-0.15, -0.1) is 0 Å². The summed E-state index contributed by atoms with van der Waals surface area (Å²) in [5.41, 5.74) is 1.30. The van der Waals surface area contributed by atoms with Gasteiger partial charge in [-0.05, 0) is 36.4 Å². The van der Waals surface area contributed by atoms with Gasteiger partial charge in [0.25, 0.3) is 11.8 Å². The monoisotopic (exact) mass is 416 g/mol. The predicted molar refractivity (Wildman–Crippen MR) is 99.8 cm³/mol. The van der Waals surface area contributed by atoms with E-state index in [4.69, 9.17) is 4.74 Å². The summed E-state index contributed by atoms with van der Waals surface area (Å²) in [6, 6.07) is 8.58. The van der Waals surface area contributed by atoms with Crippen LogP contribution in [-0.2, 0) is 14.3 Å². The van der Waals surface area contributed by atoms with Gasteiger partial charge in [-0.2, -0.15) is 0 Å². The Balaban J connectivity index is 1.82. The molecule has 0 saturated carbocycles. The first-order chi connectivity index (χ1) is 12.5. The van der Waals surface area contributed by atoms with Crippen molar-refractivity contribution in [2.75, 3.05) is 18.7 Å². The van der Waals surface area contributed by atoms with E-state index in [2.05, 4.69) is 15.9 Å². The SMILES string of the molecule is COCN1C(=O)CCCC(N2C(=O)c3ccc(Br)c4cccc2c34)C1=O. The molecular weight excluding hydrogens is 400 g/mol. The molecule has 0 N–H and O–H groups in total. The molecule has 1 fully saturated rings. The topological polar surface area (TPSA) is 66.9 Å². The summed E-state index contributed by atoms with van der Waals surface area (Å²) in [6.45, 7) is -0.0983. The van der Waals surface area contributed by atoms with Gasteiger partial charge >= 0.3 is 0 Å². The smallest absolute Gasteiger partial charge is 0.259 e. The lowest BCUT2D eigenvalue weighted by Gasteiger charge is -2.29. The van der Waals surface area contributed by atoms with E-state index in [0.29, 0.717) is 24.1 Å². The van der Waals surface area contributed by atoms with Crippen LogP contribution in [0.3, 0.4) is 0 Å². The Kier molecular flexibility index (Phi) is 4.28. The van der Waals surface area contributed by atoms with Crippen LogP contribution in [0.2, 0.25) is 0 Å². The number of ether oxygens (including phenoxy) is 1. The van der Waals surface area contributed by atoms with Gasteiger partial charge in [0.1, 0.15) is 12.8 Å². The standard InChI is InChI=1S/C19H17BrN2O4/c1-26-10-21-16(23)7-3-6-15(19(21)25)22-14-5-2-4-11-13(20)9-8-12(17(11)14)18(22)24/h2,4-5,8-9,15H,3,6-7,10H2,1H3. The van der Waals surface area contributed by atoms with Crippen LogP contribution in [0.5, 0.6) is 0 Å². The molecule has 7 heteroatoms. The highest BCUT2D eigenvalue weighted by molar-refractivity contribution is 9.10. The Morgan fingerprint density at radius 2 is 2.00 bits per heavy atom. The van der Waals surface area contributed by atoms with Crippen LogP contribution in [0.25, 0.3) is 10.8 Å². The Morgan fingerprint density at radius 1 is 1.19 bits per heavy atom. The van der Waals surface area contributed by atoms with Gasteiger partial charge in [0.2, 0.25) is 5.91 Å². The number of likely N-dealkylation sites (tertiary alicyclic amines) is 1. The predicted octanol–water partition coefficient (Wildman–Crippen LogP) is 3.07. The highest BCUT2D eigenvalue weighted by Crippen LogP contribution is 2.42. The molecule has 1 unspecified atom stereocenters. The average Bonchev–Trinajstić information content (AvgIpc) is 2.84. The minimum atomic E-state index is -0.708. The fourth-order valence-corrected chi connectivity index (χ4v) is 4.25. The maximum Gasteiger partial charge on any atom is 0.259 e. The van der Waals surface area contributed by atoms with E-state index in [1.165, 1.54) is 7.11 Å². The molecule has 2 aromatic carbocycles. The van der Waals surface area contributed by atoms with Gasteiger partial charge in [0.05, 0.1) is 5.69 Å². The molecule has 2 heterocycles. The number of imide groups is 1. The molecule has 0 aromatic heterocycles. The molecule has 3 amide bonds. The first kappa shape index (κ1) is 17.2. The van der Waals surface area contributed by atoms with Crippen molar-refractivity contribution >= 4 is 50.1 Å². The van der Waals surface area contributed by atoms with Crippen molar-refractivity contribution in [1.29, 1.82) is 0 Å². The van der Waals surface area contributed by atoms with Gasteiger partial charge in [-0.1, -0.05) is 28.1 Å². The highest BCUT2D eigenvalue weighted by atomic mass is 79.9. The van der Waals surface area contributed by atoms with Crippen LogP contribution in [0.4, 0.5) is 5.69 Å². The summed E-state index contributed by atoms with van der Waals surface area (Å²) in [5.74, 6) is -0.843. The summed E-state index contributed by atoms with van der Waals surface area (Å²) >= 11 is 3.52. The van der Waals surface area contributed by atoms with Crippen molar-refractivity contribution in [2.45, 2.75) is 25.3 Å². The first-order valence-electron chi connectivity index (χ1n) is 8.42. The normalized spacial score (nSPS) is 20.2.